The first-order valence-corrected chi connectivity index (χ1v) is 6.89. The van der Waals surface area contributed by atoms with Crippen molar-refractivity contribution in [2.24, 2.45) is 0 Å². The zero-order chi connectivity index (χ0) is 11.0. The molecule has 2 aliphatic rings. The molecule has 1 aromatic carbocycles. The van der Waals surface area contributed by atoms with Gasteiger partial charge in [0.1, 0.15) is 0 Å². The van der Waals surface area contributed by atoms with Crippen LogP contribution >= 0.6 is 15.9 Å². The number of nitrogens with one attached hydrogen (secondary N) is 1. The molecule has 1 aliphatic carbocycles. The topological polar surface area (TPSA) is 15.3 Å². The maximum Gasteiger partial charge on any atom is 0.0378 e. The number of rotatable bonds is 2. The summed E-state index contributed by atoms with van der Waals surface area (Å²) in [4.78, 5) is 2.46. The van der Waals surface area contributed by atoms with Crippen LogP contribution < -0.4 is 10.2 Å². The molecular formula is C13H17BrN2. The Morgan fingerprint density at radius 3 is 2.56 bits per heavy atom. The van der Waals surface area contributed by atoms with Crippen molar-refractivity contribution >= 4 is 21.6 Å². The van der Waals surface area contributed by atoms with Crippen molar-refractivity contribution in [2.75, 3.05) is 31.1 Å². The molecule has 0 bridgehead atoms. The molecule has 3 rings (SSSR count). The molecule has 1 saturated heterocycles. The fraction of sp³-hybridized carbons (Fsp3) is 0.538. The zero-order valence-electron chi connectivity index (χ0n) is 9.38. The van der Waals surface area contributed by atoms with Crippen LogP contribution in [0.15, 0.2) is 22.7 Å². The van der Waals surface area contributed by atoms with Gasteiger partial charge in [-0.1, -0.05) is 22.0 Å². The molecule has 0 aromatic heterocycles. The molecule has 86 valence electrons. The number of anilines is 1. The minimum atomic E-state index is 0.825. The van der Waals surface area contributed by atoms with E-state index in [1.807, 2.05) is 0 Å². The fourth-order valence-electron chi connectivity index (χ4n) is 2.36. The van der Waals surface area contributed by atoms with E-state index >= 15 is 0 Å². The molecular weight excluding hydrogens is 264 g/mol. The van der Waals surface area contributed by atoms with Crippen LogP contribution in [-0.4, -0.2) is 26.2 Å². The van der Waals surface area contributed by atoms with E-state index in [-0.39, 0.29) is 0 Å². The molecule has 3 heteroatoms. The van der Waals surface area contributed by atoms with Crippen molar-refractivity contribution in [3.8, 4) is 0 Å². The highest BCUT2D eigenvalue weighted by Crippen LogP contribution is 2.44. The van der Waals surface area contributed by atoms with Crippen LogP contribution in [0.2, 0.25) is 0 Å². The van der Waals surface area contributed by atoms with Crippen LogP contribution in [-0.2, 0) is 0 Å². The Bertz CT molecular complexity index is 382. The molecule has 0 spiro atoms. The second-order valence-electron chi connectivity index (χ2n) is 4.72. The summed E-state index contributed by atoms with van der Waals surface area (Å²) >= 11 is 3.71. The highest BCUT2D eigenvalue weighted by Gasteiger charge is 2.25. The van der Waals surface area contributed by atoms with E-state index in [9.17, 15) is 0 Å². The number of hydrogen-bond donors (Lipinski definition) is 1. The van der Waals surface area contributed by atoms with Gasteiger partial charge in [-0.15, -0.1) is 0 Å². The Morgan fingerprint density at radius 2 is 1.94 bits per heavy atom. The lowest BCUT2D eigenvalue weighted by molar-refractivity contribution is 0.589. The van der Waals surface area contributed by atoms with E-state index < -0.39 is 0 Å². The molecule has 1 aliphatic heterocycles. The minimum Gasteiger partial charge on any atom is -0.369 e. The first kappa shape index (κ1) is 10.6. The number of halogens is 1. The second-order valence-corrected chi connectivity index (χ2v) is 5.57. The molecule has 1 saturated carbocycles. The van der Waals surface area contributed by atoms with Gasteiger partial charge in [-0.05, 0) is 36.5 Å². The van der Waals surface area contributed by atoms with Gasteiger partial charge in [-0.3, -0.25) is 0 Å². The Morgan fingerprint density at radius 1 is 1.19 bits per heavy atom. The Balaban J connectivity index is 1.81. The van der Waals surface area contributed by atoms with E-state index in [2.05, 4.69) is 44.3 Å². The first-order valence-electron chi connectivity index (χ1n) is 6.10. The van der Waals surface area contributed by atoms with Crippen molar-refractivity contribution < 1.29 is 0 Å². The molecule has 0 amide bonds. The Hall–Kier alpha value is -0.540. The highest BCUT2D eigenvalue weighted by atomic mass is 79.9. The molecule has 16 heavy (non-hydrogen) atoms. The smallest absolute Gasteiger partial charge is 0.0378 e. The van der Waals surface area contributed by atoms with E-state index in [0.29, 0.717) is 0 Å². The lowest BCUT2D eigenvalue weighted by atomic mass is 10.1. The lowest BCUT2D eigenvalue weighted by Crippen LogP contribution is -2.43. The van der Waals surface area contributed by atoms with Crippen LogP contribution in [0.5, 0.6) is 0 Å². The predicted octanol–water partition coefficient (Wildman–Crippen LogP) is 2.74. The van der Waals surface area contributed by atoms with Crippen LogP contribution in [0.1, 0.15) is 24.3 Å². The summed E-state index contributed by atoms with van der Waals surface area (Å²) in [5.41, 5.74) is 2.86. The largest absolute Gasteiger partial charge is 0.369 e. The van der Waals surface area contributed by atoms with Crippen LogP contribution in [0.4, 0.5) is 5.69 Å². The summed E-state index contributed by atoms with van der Waals surface area (Å²) in [6, 6.07) is 6.88. The first-order chi connectivity index (χ1) is 7.84. The number of piperazine rings is 1. The van der Waals surface area contributed by atoms with Crippen molar-refractivity contribution in [3.05, 3.63) is 28.2 Å². The average Bonchev–Trinajstić information content (AvgIpc) is 3.14. The SMILES string of the molecule is Brc1cc(N2CCNCC2)ccc1C1CC1. The maximum absolute atomic E-state index is 3.71. The third kappa shape index (κ3) is 2.11. The molecule has 1 N–H and O–H groups in total. The number of nitrogens with zero attached hydrogens (tertiary/aromatic N) is 1. The normalized spacial score (nSPS) is 21.2. The summed E-state index contributed by atoms with van der Waals surface area (Å²) in [5, 5.41) is 3.39. The van der Waals surface area contributed by atoms with Gasteiger partial charge in [0.2, 0.25) is 0 Å². The molecule has 2 fully saturated rings. The van der Waals surface area contributed by atoms with E-state index in [0.717, 1.165) is 32.1 Å². The van der Waals surface area contributed by atoms with Gasteiger partial charge in [-0.25, -0.2) is 0 Å². The highest BCUT2D eigenvalue weighted by molar-refractivity contribution is 9.10. The third-order valence-corrected chi connectivity index (χ3v) is 4.17. The maximum atomic E-state index is 3.71. The van der Waals surface area contributed by atoms with Gasteiger partial charge in [0.25, 0.3) is 0 Å². The van der Waals surface area contributed by atoms with Gasteiger partial charge < -0.3 is 10.2 Å². The molecule has 1 heterocycles. The van der Waals surface area contributed by atoms with Crippen LogP contribution in [0, 0.1) is 0 Å². The molecule has 0 unspecified atom stereocenters. The van der Waals surface area contributed by atoms with Crippen molar-refractivity contribution in [1.29, 1.82) is 0 Å². The third-order valence-electron chi connectivity index (χ3n) is 3.48. The fourth-order valence-corrected chi connectivity index (χ4v) is 3.05. The number of benzene rings is 1. The van der Waals surface area contributed by atoms with Crippen molar-refractivity contribution in [1.82, 2.24) is 5.32 Å². The van der Waals surface area contributed by atoms with E-state index in [1.54, 1.807) is 0 Å². The summed E-state index contributed by atoms with van der Waals surface area (Å²) in [6.07, 6.45) is 2.73. The molecule has 0 radical (unpaired) electrons. The summed E-state index contributed by atoms with van der Waals surface area (Å²) in [7, 11) is 0. The summed E-state index contributed by atoms with van der Waals surface area (Å²) < 4.78 is 1.30. The summed E-state index contributed by atoms with van der Waals surface area (Å²) in [5.74, 6) is 0.825. The summed E-state index contributed by atoms with van der Waals surface area (Å²) in [6.45, 7) is 4.44. The van der Waals surface area contributed by atoms with Crippen LogP contribution in [0.3, 0.4) is 0 Å². The monoisotopic (exact) mass is 280 g/mol. The lowest BCUT2D eigenvalue weighted by Gasteiger charge is -2.29. The van der Waals surface area contributed by atoms with Crippen molar-refractivity contribution in [2.45, 2.75) is 18.8 Å². The Kier molecular flexibility index (Phi) is 2.90. The molecule has 0 atom stereocenters. The van der Waals surface area contributed by atoms with Crippen molar-refractivity contribution in [3.63, 3.8) is 0 Å². The van der Waals surface area contributed by atoms with Gasteiger partial charge in [0, 0.05) is 36.3 Å². The minimum absolute atomic E-state index is 0.825. The standard InChI is InChI=1S/C13H17BrN2/c14-13-9-11(16-7-5-15-6-8-16)3-4-12(13)10-1-2-10/h3-4,9-10,15H,1-2,5-8H2. The quantitative estimate of drug-likeness (QED) is 0.896. The molecule has 1 aromatic rings. The van der Waals surface area contributed by atoms with E-state index in [1.165, 1.54) is 28.6 Å². The van der Waals surface area contributed by atoms with Crippen LogP contribution in [0.25, 0.3) is 0 Å². The predicted molar refractivity (Wildman–Crippen MR) is 71.2 cm³/mol. The van der Waals surface area contributed by atoms with Gasteiger partial charge >= 0.3 is 0 Å². The number of hydrogen-bond acceptors (Lipinski definition) is 2. The van der Waals surface area contributed by atoms with Gasteiger partial charge in [0.05, 0.1) is 0 Å². The average molecular weight is 281 g/mol. The van der Waals surface area contributed by atoms with E-state index in [4.69, 9.17) is 0 Å². The zero-order valence-corrected chi connectivity index (χ0v) is 11.0. The van der Waals surface area contributed by atoms with Gasteiger partial charge in [0.15, 0.2) is 0 Å². The molecule has 2 nitrogen and oxygen atoms in total. The Labute approximate surface area is 105 Å². The van der Waals surface area contributed by atoms with Gasteiger partial charge in [-0.2, -0.15) is 0 Å². The second kappa shape index (κ2) is 4.38.